The lowest BCUT2D eigenvalue weighted by atomic mass is 9.90. The third-order valence-corrected chi connectivity index (χ3v) is 10.1. The lowest BCUT2D eigenvalue weighted by molar-refractivity contribution is -0.145. The Morgan fingerprint density at radius 2 is 1.61 bits per heavy atom. The number of hydrogen-bond donors (Lipinski definition) is 2. The average Bonchev–Trinajstić information content (AvgIpc) is 3.04. The van der Waals surface area contributed by atoms with Crippen LogP contribution in [-0.4, -0.2) is 56.0 Å². The number of amides is 1. The lowest BCUT2D eigenvalue weighted by Crippen LogP contribution is -2.58. The molecule has 1 aliphatic heterocycles. The van der Waals surface area contributed by atoms with Crippen LogP contribution in [0.15, 0.2) is 71.8 Å². The van der Waals surface area contributed by atoms with E-state index in [9.17, 15) is 13.2 Å². The van der Waals surface area contributed by atoms with Gasteiger partial charge in [0.15, 0.2) is 6.04 Å². The van der Waals surface area contributed by atoms with E-state index in [1.165, 1.54) is 60.7 Å². The number of halogens is 3. The van der Waals surface area contributed by atoms with Gasteiger partial charge in [-0.2, -0.15) is 13.5 Å². The minimum atomic E-state index is -4.55. The van der Waals surface area contributed by atoms with Gasteiger partial charge in [-0.1, -0.05) is 49.1 Å². The summed E-state index contributed by atoms with van der Waals surface area (Å²) in [5.41, 5.74) is 6.47. The van der Waals surface area contributed by atoms with Gasteiger partial charge in [0.05, 0.1) is 11.5 Å². The fourth-order valence-corrected chi connectivity index (χ4v) is 6.96. The Morgan fingerprint density at radius 1 is 0.977 bits per heavy atom. The lowest BCUT2D eigenvalue weighted by Gasteiger charge is -2.35. The molecule has 236 valence electrons. The van der Waals surface area contributed by atoms with Gasteiger partial charge in [-0.05, 0) is 79.6 Å². The number of nitrogens with two attached hydrogens (primary N) is 1. The van der Waals surface area contributed by atoms with Gasteiger partial charge in [-0.25, -0.2) is 8.42 Å². The van der Waals surface area contributed by atoms with E-state index < -0.39 is 33.6 Å². The molecule has 0 bridgehead atoms. The molecule has 12 heteroatoms. The summed E-state index contributed by atoms with van der Waals surface area (Å²) in [5, 5.41) is 0.527. The summed E-state index contributed by atoms with van der Waals surface area (Å²) in [7, 11) is -4.55. The fraction of sp³-hybridized carbons (Fsp3) is 0.438. The number of hydrogen-bond acceptors (Lipinski definition) is 6. The Kier molecular flexibility index (Phi) is 10.2. The summed E-state index contributed by atoms with van der Waals surface area (Å²) in [6, 6.07) is 12.3. The molecule has 2 aliphatic rings. The third-order valence-electron chi connectivity index (χ3n) is 8.36. The van der Waals surface area contributed by atoms with Crippen molar-refractivity contribution in [3.63, 3.8) is 0 Å². The molecule has 2 fully saturated rings. The highest BCUT2D eigenvalue weighted by Crippen LogP contribution is 2.34. The van der Waals surface area contributed by atoms with Crippen molar-refractivity contribution >= 4 is 27.5 Å². The molecule has 0 spiro atoms. The number of nitrogens with one attached hydrogen (secondary N) is 1. The largest absolute Gasteiger partial charge is 0.493 e. The maximum Gasteiger partial charge on any atom is 0.314 e. The van der Waals surface area contributed by atoms with E-state index in [-0.39, 0.29) is 24.0 Å². The number of benzene rings is 2. The van der Waals surface area contributed by atoms with E-state index in [1.54, 1.807) is 24.3 Å². The van der Waals surface area contributed by atoms with Crippen LogP contribution in [0.3, 0.4) is 0 Å². The maximum atomic E-state index is 16.2. The molecular formula is C32H37ClF2N4O4S. The third kappa shape index (κ3) is 7.74. The SMILES string of the molecule is NC1CCN(C(=O)[C@H](NS(=O)(=O)c2ccc(OCC3CCCCC3)cc2)C(F)(F)c2ccc(-c3ccc(Cl)cc3)cn2)CC1. The number of piperidine rings is 1. The molecule has 44 heavy (non-hydrogen) atoms. The van der Waals surface area contributed by atoms with E-state index in [1.807, 2.05) is 4.72 Å². The number of pyridine rings is 1. The number of nitrogens with zero attached hydrogens (tertiary/aromatic N) is 2. The molecule has 0 unspecified atom stereocenters. The van der Waals surface area contributed by atoms with Gasteiger partial charge in [0.25, 0.3) is 0 Å². The predicted molar refractivity (Wildman–Crippen MR) is 165 cm³/mol. The number of alkyl halides is 2. The van der Waals surface area contributed by atoms with Crippen LogP contribution >= 0.6 is 11.6 Å². The Hall–Kier alpha value is -3.12. The number of carbonyl (C=O) groups excluding carboxylic acids is 1. The van der Waals surface area contributed by atoms with E-state index in [0.717, 1.165) is 18.9 Å². The van der Waals surface area contributed by atoms with Crippen molar-refractivity contribution in [1.82, 2.24) is 14.6 Å². The van der Waals surface area contributed by atoms with Crippen LogP contribution in [0.1, 0.15) is 50.6 Å². The first-order valence-corrected chi connectivity index (χ1v) is 16.8. The van der Waals surface area contributed by atoms with Gasteiger partial charge >= 0.3 is 5.92 Å². The number of ether oxygens (including phenoxy) is 1. The van der Waals surface area contributed by atoms with Gasteiger partial charge in [0.1, 0.15) is 11.4 Å². The number of carbonyl (C=O) groups is 1. The molecule has 1 aromatic heterocycles. The molecule has 3 aromatic rings. The second kappa shape index (κ2) is 13.9. The number of sulfonamides is 1. The number of rotatable bonds is 10. The molecule has 1 aliphatic carbocycles. The van der Waals surface area contributed by atoms with Gasteiger partial charge in [-0.3, -0.25) is 9.78 Å². The van der Waals surface area contributed by atoms with Crippen LogP contribution in [0, 0.1) is 5.92 Å². The second-order valence-corrected chi connectivity index (χ2v) is 13.7. The first-order chi connectivity index (χ1) is 21.0. The van der Waals surface area contributed by atoms with E-state index >= 15 is 8.78 Å². The van der Waals surface area contributed by atoms with E-state index in [0.29, 0.717) is 47.3 Å². The first kappa shape index (κ1) is 32.3. The average molecular weight is 647 g/mol. The van der Waals surface area contributed by atoms with Gasteiger partial charge in [0, 0.05) is 35.9 Å². The molecule has 5 rings (SSSR count). The van der Waals surface area contributed by atoms with Crippen LogP contribution in [0.25, 0.3) is 11.1 Å². The highest BCUT2D eigenvalue weighted by molar-refractivity contribution is 7.89. The molecule has 1 saturated heterocycles. The van der Waals surface area contributed by atoms with E-state index in [2.05, 4.69) is 4.98 Å². The van der Waals surface area contributed by atoms with Crippen LogP contribution in [0.4, 0.5) is 8.78 Å². The standard InChI is InChI=1S/C32H37ClF2N4O4S/c33-25-9-6-23(7-10-25)24-8-15-29(37-20-24)32(34,35)30(31(40)39-18-16-26(36)17-19-39)38-44(41,42)28-13-11-27(12-14-28)43-21-22-4-2-1-3-5-22/h6-15,20,22,26,30,38H,1-5,16-19,21,36H2/t30-/m0/s1. The van der Waals surface area contributed by atoms with Crippen molar-refractivity contribution in [3.05, 3.63) is 77.6 Å². The summed E-state index contributed by atoms with van der Waals surface area (Å²) >= 11 is 5.95. The molecule has 1 atom stereocenters. The summed E-state index contributed by atoms with van der Waals surface area (Å²) < 4.78 is 67.1. The maximum absolute atomic E-state index is 16.2. The van der Waals surface area contributed by atoms with Gasteiger partial charge < -0.3 is 15.4 Å². The molecular weight excluding hydrogens is 610 g/mol. The zero-order chi connectivity index (χ0) is 31.3. The quantitative estimate of drug-likeness (QED) is 0.290. The minimum Gasteiger partial charge on any atom is -0.493 e. The van der Waals surface area contributed by atoms with Gasteiger partial charge in [-0.15, -0.1) is 0 Å². The van der Waals surface area contributed by atoms with E-state index in [4.69, 9.17) is 22.1 Å². The van der Waals surface area contributed by atoms with Crippen molar-refractivity contribution in [2.45, 2.75) is 67.8 Å². The van der Waals surface area contributed by atoms with Crippen LogP contribution in [0.2, 0.25) is 5.02 Å². The minimum absolute atomic E-state index is 0.143. The fourth-order valence-electron chi connectivity index (χ4n) is 5.64. The van der Waals surface area contributed by atoms with Crippen molar-refractivity contribution < 1.29 is 26.7 Å². The molecule has 0 radical (unpaired) electrons. The van der Waals surface area contributed by atoms with Crippen molar-refractivity contribution in [1.29, 1.82) is 0 Å². The number of aromatic nitrogens is 1. The zero-order valence-electron chi connectivity index (χ0n) is 24.3. The molecule has 3 N–H and O–H groups in total. The topological polar surface area (TPSA) is 115 Å². The Bertz CT molecular complexity index is 1510. The molecule has 2 aromatic carbocycles. The molecule has 1 saturated carbocycles. The second-order valence-electron chi connectivity index (χ2n) is 11.6. The highest BCUT2D eigenvalue weighted by Gasteiger charge is 2.51. The van der Waals surface area contributed by atoms with Crippen LogP contribution in [0.5, 0.6) is 5.75 Å². The Balaban J connectivity index is 1.37. The van der Waals surface area contributed by atoms with Crippen LogP contribution in [-0.2, 0) is 20.7 Å². The van der Waals surface area contributed by atoms with Crippen molar-refractivity contribution in [3.8, 4) is 16.9 Å². The molecule has 8 nitrogen and oxygen atoms in total. The summed E-state index contributed by atoms with van der Waals surface area (Å²) in [5.74, 6) is -4.07. The molecule has 1 amide bonds. The summed E-state index contributed by atoms with van der Waals surface area (Å²) in [6.07, 6.45) is 7.88. The highest BCUT2D eigenvalue weighted by atomic mass is 35.5. The van der Waals surface area contributed by atoms with Crippen molar-refractivity contribution in [2.24, 2.45) is 11.7 Å². The first-order valence-electron chi connectivity index (χ1n) is 14.9. The Labute approximate surface area is 262 Å². The zero-order valence-corrected chi connectivity index (χ0v) is 25.9. The van der Waals surface area contributed by atoms with Crippen molar-refractivity contribution in [2.75, 3.05) is 19.7 Å². The Morgan fingerprint density at radius 3 is 2.23 bits per heavy atom. The number of likely N-dealkylation sites (tertiary alicyclic amines) is 1. The predicted octanol–water partition coefficient (Wildman–Crippen LogP) is 5.75. The molecule has 2 heterocycles. The monoisotopic (exact) mass is 646 g/mol. The summed E-state index contributed by atoms with van der Waals surface area (Å²) in [4.78, 5) is 18.5. The van der Waals surface area contributed by atoms with Gasteiger partial charge in [0.2, 0.25) is 15.9 Å². The smallest absolute Gasteiger partial charge is 0.314 e. The van der Waals surface area contributed by atoms with Crippen LogP contribution < -0.4 is 15.2 Å². The normalized spacial score (nSPS) is 17.8. The summed E-state index contributed by atoms with van der Waals surface area (Å²) in [6.45, 7) is 0.824.